The van der Waals surface area contributed by atoms with E-state index in [4.69, 9.17) is 10.5 Å². The van der Waals surface area contributed by atoms with E-state index in [1.165, 1.54) is 11.1 Å². The predicted octanol–water partition coefficient (Wildman–Crippen LogP) is 3.39. The molecule has 0 aliphatic heterocycles. The highest BCUT2D eigenvalue weighted by atomic mass is 16.5. The number of benzene rings is 2. The molecule has 0 amide bonds. The van der Waals surface area contributed by atoms with Crippen molar-refractivity contribution in [3.8, 4) is 5.75 Å². The Morgan fingerprint density at radius 3 is 2.17 bits per heavy atom. The molecule has 6 heteroatoms. The highest BCUT2D eigenvalue weighted by Crippen LogP contribution is 2.16. The zero-order valence-electron chi connectivity index (χ0n) is 13.7. The van der Waals surface area contributed by atoms with Crippen molar-refractivity contribution < 1.29 is 4.74 Å². The first-order valence-electron chi connectivity index (χ1n) is 7.62. The minimum absolute atomic E-state index is 0.155. The topological polar surface area (TPSA) is 86.0 Å². The number of rotatable bonds is 5. The van der Waals surface area contributed by atoms with E-state index in [0.717, 1.165) is 11.4 Å². The summed E-state index contributed by atoms with van der Waals surface area (Å²) in [4.78, 5) is 12.6. The van der Waals surface area contributed by atoms with Crippen LogP contribution in [0.5, 0.6) is 5.75 Å². The van der Waals surface area contributed by atoms with Gasteiger partial charge in [0.15, 0.2) is 5.82 Å². The lowest BCUT2D eigenvalue weighted by Crippen LogP contribution is -2.09. The lowest BCUT2D eigenvalue weighted by molar-refractivity contribution is 0.296. The van der Waals surface area contributed by atoms with Crippen molar-refractivity contribution in [1.82, 2.24) is 15.0 Å². The first-order chi connectivity index (χ1) is 11.6. The Morgan fingerprint density at radius 1 is 0.875 bits per heavy atom. The molecule has 1 heterocycles. The molecule has 0 unspecified atom stereocenters. The van der Waals surface area contributed by atoms with Gasteiger partial charge in [-0.15, -0.1) is 0 Å². The van der Waals surface area contributed by atoms with Crippen molar-refractivity contribution in [3.63, 3.8) is 0 Å². The number of nitrogens with two attached hydrogens (primary N) is 1. The quantitative estimate of drug-likeness (QED) is 0.749. The lowest BCUT2D eigenvalue weighted by Gasteiger charge is -2.09. The number of anilines is 3. The summed E-state index contributed by atoms with van der Waals surface area (Å²) in [5, 5.41) is 3.12. The van der Waals surface area contributed by atoms with Gasteiger partial charge in [-0.3, -0.25) is 0 Å². The zero-order chi connectivity index (χ0) is 16.9. The summed E-state index contributed by atoms with van der Waals surface area (Å²) < 4.78 is 5.69. The van der Waals surface area contributed by atoms with Gasteiger partial charge in [-0.2, -0.15) is 15.0 Å². The van der Waals surface area contributed by atoms with E-state index in [2.05, 4.69) is 20.3 Å². The van der Waals surface area contributed by atoms with Gasteiger partial charge in [0.1, 0.15) is 12.4 Å². The van der Waals surface area contributed by atoms with Crippen molar-refractivity contribution in [2.75, 3.05) is 11.1 Å². The summed E-state index contributed by atoms with van der Waals surface area (Å²) in [6, 6.07) is 15.7. The number of aromatic nitrogens is 3. The molecule has 2 aromatic carbocycles. The highest BCUT2D eigenvalue weighted by Gasteiger charge is 2.06. The number of nitrogens with one attached hydrogen (secondary N) is 1. The molecule has 0 aliphatic rings. The lowest BCUT2D eigenvalue weighted by atomic mass is 10.2. The third kappa shape index (κ3) is 4.19. The van der Waals surface area contributed by atoms with Crippen molar-refractivity contribution in [3.05, 3.63) is 65.5 Å². The van der Waals surface area contributed by atoms with Crippen LogP contribution in [0.3, 0.4) is 0 Å². The van der Waals surface area contributed by atoms with Crippen LogP contribution in [0.25, 0.3) is 0 Å². The summed E-state index contributed by atoms with van der Waals surface area (Å²) in [6.07, 6.45) is 0. The van der Waals surface area contributed by atoms with Crippen LogP contribution < -0.4 is 15.8 Å². The van der Waals surface area contributed by atoms with E-state index in [0.29, 0.717) is 11.8 Å². The molecule has 122 valence electrons. The van der Waals surface area contributed by atoms with Gasteiger partial charge in [-0.05, 0) is 38.1 Å². The smallest absolute Gasteiger partial charge is 0.232 e. The average Bonchev–Trinajstić information content (AvgIpc) is 2.56. The first kappa shape index (κ1) is 15.7. The van der Waals surface area contributed by atoms with Gasteiger partial charge >= 0.3 is 0 Å². The number of hydrogen-bond acceptors (Lipinski definition) is 6. The van der Waals surface area contributed by atoms with Crippen molar-refractivity contribution in [1.29, 1.82) is 0 Å². The Morgan fingerprint density at radius 2 is 1.50 bits per heavy atom. The second kappa shape index (κ2) is 6.95. The zero-order valence-corrected chi connectivity index (χ0v) is 13.7. The molecule has 0 saturated heterocycles. The van der Waals surface area contributed by atoms with Crippen molar-refractivity contribution >= 4 is 17.6 Å². The number of ether oxygens (including phenoxy) is 1. The molecule has 3 N–H and O–H groups in total. The molecule has 6 nitrogen and oxygen atoms in total. The summed E-state index contributed by atoms with van der Waals surface area (Å²) in [6.45, 7) is 4.28. The maximum atomic E-state index is 5.77. The van der Waals surface area contributed by atoms with Crippen molar-refractivity contribution in [2.45, 2.75) is 20.5 Å². The number of aryl methyl sites for hydroxylation is 2. The largest absolute Gasteiger partial charge is 0.486 e. The molecule has 24 heavy (non-hydrogen) atoms. The van der Waals surface area contributed by atoms with Crippen LogP contribution in [0, 0.1) is 13.8 Å². The van der Waals surface area contributed by atoms with Gasteiger partial charge in [0, 0.05) is 5.69 Å². The predicted molar refractivity (Wildman–Crippen MR) is 94.2 cm³/mol. The normalized spacial score (nSPS) is 10.4. The molecular formula is C18H19N5O. The summed E-state index contributed by atoms with van der Waals surface area (Å²) in [5.74, 6) is 1.78. The Kier molecular flexibility index (Phi) is 4.56. The minimum atomic E-state index is 0.155. The Hall–Kier alpha value is -3.15. The molecule has 0 atom stereocenters. The molecule has 3 rings (SSSR count). The molecule has 3 aromatic rings. The van der Waals surface area contributed by atoms with Crippen LogP contribution in [-0.4, -0.2) is 15.0 Å². The standard InChI is InChI=1S/C18H19N5O/c1-12-3-7-14(8-4-12)20-18-22-16(21-17(19)23-18)11-24-15-9-5-13(2)6-10-15/h3-10H,11H2,1-2H3,(H3,19,20,21,22,23). The number of hydrogen-bond donors (Lipinski definition) is 2. The van der Waals surface area contributed by atoms with Crippen LogP contribution in [0.15, 0.2) is 48.5 Å². The van der Waals surface area contributed by atoms with Crippen LogP contribution in [-0.2, 0) is 6.61 Å². The van der Waals surface area contributed by atoms with Crippen LogP contribution in [0.2, 0.25) is 0 Å². The fourth-order valence-corrected chi connectivity index (χ4v) is 2.11. The molecule has 0 fully saturated rings. The molecule has 0 saturated carbocycles. The molecular weight excluding hydrogens is 302 g/mol. The van der Waals surface area contributed by atoms with E-state index in [-0.39, 0.29) is 12.6 Å². The van der Waals surface area contributed by atoms with Gasteiger partial charge in [-0.1, -0.05) is 35.4 Å². The van der Waals surface area contributed by atoms with Gasteiger partial charge < -0.3 is 15.8 Å². The second-order valence-corrected chi connectivity index (χ2v) is 5.53. The molecule has 0 spiro atoms. The van der Waals surface area contributed by atoms with E-state index < -0.39 is 0 Å². The van der Waals surface area contributed by atoms with Gasteiger partial charge in [0.05, 0.1) is 0 Å². The van der Waals surface area contributed by atoms with E-state index in [9.17, 15) is 0 Å². The number of nitrogen functional groups attached to an aromatic ring is 1. The van der Waals surface area contributed by atoms with E-state index >= 15 is 0 Å². The minimum Gasteiger partial charge on any atom is -0.486 e. The number of nitrogens with zero attached hydrogens (tertiary/aromatic N) is 3. The average molecular weight is 321 g/mol. The Bertz CT molecular complexity index is 816. The maximum Gasteiger partial charge on any atom is 0.232 e. The Balaban J connectivity index is 1.71. The molecule has 0 radical (unpaired) electrons. The van der Waals surface area contributed by atoms with Crippen LogP contribution in [0.4, 0.5) is 17.6 Å². The van der Waals surface area contributed by atoms with Gasteiger partial charge in [0.2, 0.25) is 11.9 Å². The fraction of sp³-hybridized carbons (Fsp3) is 0.167. The molecule has 1 aromatic heterocycles. The summed E-state index contributed by atoms with van der Waals surface area (Å²) >= 11 is 0. The van der Waals surface area contributed by atoms with Crippen LogP contribution >= 0.6 is 0 Å². The van der Waals surface area contributed by atoms with E-state index in [1.807, 2.05) is 62.4 Å². The summed E-state index contributed by atoms with van der Waals surface area (Å²) in [7, 11) is 0. The first-order valence-corrected chi connectivity index (χ1v) is 7.62. The second-order valence-electron chi connectivity index (χ2n) is 5.53. The fourth-order valence-electron chi connectivity index (χ4n) is 2.11. The third-order valence-electron chi connectivity index (χ3n) is 3.40. The monoisotopic (exact) mass is 321 g/mol. The highest BCUT2D eigenvalue weighted by molar-refractivity contribution is 5.54. The Labute approximate surface area is 140 Å². The maximum absolute atomic E-state index is 5.77. The molecule has 0 aliphatic carbocycles. The van der Waals surface area contributed by atoms with Crippen LogP contribution in [0.1, 0.15) is 17.0 Å². The van der Waals surface area contributed by atoms with Crippen molar-refractivity contribution in [2.24, 2.45) is 0 Å². The molecule has 0 bridgehead atoms. The third-order valence-corrected chi connectivity index (χ3v) is 3.40. The van der Waals surface area contributed by atoms with E-state index in [1.54, 1.807) is 0 Å². The summed E-state index contributed by atoms with van der Waals surface area (Å²) in [5.41, 5.74) is 9.01. The SMILES string of the molecule is Cc1ccc(Nc2nc(N)nc(COc3ccc(C)cc3)n2)cc1. The van der Waals surface area contributed by atoms with Gasteiger partial charge in [-0.25, -0.2) is 0 Å². The van der Waals surface area contributed by atoms with Gasteiger partial charge in [0.25, 0.3) is 0 Å².